The van der Waals surface area contributed by atoms with Crippen molar-refractivity contribution in [2.45, 2.75) is 31.9 Å². The highest BCUT2D eigenvalue weighted by atomic mass is 16.3. The van der Waals surface area contributed by atoms with E-state index in [1.165, 1.54) is 0 Å². The van der Waals surface area contributed by atoms with Crippen LogP contribution < -0.4 is 0 Å². The topological polar surface area (TPSA) is 38.0 Å². The summed E-state index contributed by atoms with van der Waals surface area (Å²) in [6.45, 7) is 3.02. The molecule has 0 amide bonds. The first-order valence-electron chi connectivity index (χ1n) is 8.12. The number of nitrogens with zero attached hydrogens (tertiary/aromatic N) is 2. The highest BCUT2D eigenvalue weighted by molar-refractivity contribution is 5.42. The van der Waals surface area contributed by atoms with Crippen molar-refractivity contribution in [2.24, 2.45) is 0 Å². The molecule has 0 saturated heterocycles. The van der Waals surface area contributed by atoms with Crippen LogP contribution in [0.5, 0.6) is 0 Å². The van der Waals surface area contributed by atoms with E-state index in [9.17, 15) is 5.11 Å². The summed E-state index contributed by atoms with van der Waals surface area (Å²) in [5, 5.41) is 11.7. The van der Waals surface area contributed by atoms with Gasteiger partial charge < -0.3 is 9.67 Å². The molecule has 0 aliphatic carbocycles. The monoisotopic (exact) mass is 306 g/mol. The first-order chi connectivity index (χ1) is 11.3. The van der Waals surface area contributed by atoms with Gasteiger partial charge in [0.15, 0.2) is 5.60 Å². The van der Waals surface area contributed by atoms with Gasteiger partial charge in [0.05, 0.1) is 0 Å². The minimum atomic E-state index is -1.25. The van der Waals surface area contributed by atoms with Gasteiger partial charge in [-0.15, -0.1) is 0 Å². The number of aromatic nitrogens is 2. The van der Waals surface area contributed by atoms with Gasteiger partial charge in [0, 0.05) is 18.9 Å². The molecule has 1 aromatic heterocycles. The molecule has 3 aromatic rings. The summed E-state index contributed by atoms with van der Waals surface area (Å²) in [5.41, 5.74) is 0.407. The molecule has 3 heteroatoms. The predicted molar refractivity (Wildman–Crippen MR) is 92.1 cm³/mol. The minimum Gasteiger partial charge on any atom is -0.373 e. The molecule has 1 heterocycles. The van der Waals surface area contributed by atoms with E-state index in [2.05, 4.69) is 16.5 Å². The second-order valence-corrected chi connectivity index (χ2v) is 5.74. The lowest BCUT2D eigenvalue weighted by Crippen LogP contribution is -2.32. The van der Waals surface area contributed by atoms with E-state index in [1.807, 2.05) is 66.9 Å². The van der Waals surface area contributed by atoms with Crippen molar-refractivity contribution < 1.29 is 5.11 Å². The maximum atomic E-state index is 11.7. The van der Waals surface area contributed by atoms with Gasteiger partial charge in [0.25, 0.3) is 0 Å². The van der Waals surface area contributed by atoms with E-state index in [1.54, 1.807) is 6.20 Å². The van der Waals surface area contributed by atoms with Crippen LogP contribution in [-0.2, 0) is 12.1 Å². The summed E-state index contributed by atoms with van der Waals surface area (Å²) < 4.78 is 2.06. The van der Waals surface area contributed by atoms with Crippen LogP contribution in [0.2, 0.25) is 0 Å². The van der Waals surface area contributed by atoms with Crippen LogP contribution in [0, 0.1) is 0 Å². The molecule has 3 nitrogen and oxygen atoms in total. The van der Waals surface area contributed by atoms with Gasteiger partial charge in [0.2, 0.25) is 0 Å². The molecule has 0 saturated carbocycles. The van der Waals surface area contributed by atoms with Gasteiger partial charge in [-0.05, 0) is 17.5 Å². The molecule has 0 atom stereocenters. The second kappa shape index (κ2) is 6.80. The van der Waals surface area contributed by atoms with Crippen LogP contribution in [0.15, 0.2) is 73.1 Å². The van der Waals surface area contributed by atoms with E-state index in [4.69, 9.17) is 0 Å². The first-order valence-corrected chi connectivity index (χ1v) is 8.12. The number of hydrogen-bond donors (Lipinski definition) is 1. The number of rotatable bonds is 6. The van der Waals surface area contributed by atoms with Gasteiger partial charge in [-0.25, -0.2) is 4.98 Å². The SMILES string of the molecule is CCCCn1ccnc1C(O)(c1ccccc1)c1ccccc1. The standard InChI is InChI=1S/C20H22N2O/c1-2-3-15-22-16-14-21-19(22)20(23,17-10-6-4-7-11-17)18-12-8-5-9-13-18/h4-14,16,23H,2-3,15H2,1H3. The van der Waals surface area contributed by atoms with E-state index in [0.717, 1.165) is 30.5 Å². The maximum Gasteiger partial charge on any atom is 0.173 e. The van der Waals surface area contributed by atoms with Crippen LogP contribution in [0.1, 0.15) is 36.7 Å². The average Bonchev–Trinajstić information content (AvgIpc) is 3.10. The lowest BCUT2D eigenvalue weighted by Gasteiger charge is -2.29. The van der Waals surface area contributed by atoms with Crippen LogP contribution in [-0.4, -0.2) is 14.7 Å². The zero-order valence-corrected chi connectivity index (χ0v) is 13.4. The summed E-state index contributed by atoms with van der Waals surface area (Å²) in [4.78, 5) is 4.51. The maximum absolute atomic E-state index is 11.7. The van der Waals surface area contributed by atoms with Crippen molar-refractivity contribution in [3.05, 3.63) is 90.0 Å². The van der Waals surface area contributed by atoms with Crippen molar-refractivity contribution in [2.75, 3.05) is 0 Å². The Labute approximate surface area is 137 Å². The van der Waals surface area contributed by atoms with Crippen molar-refractivity contribution in [1.82, 2.24) is 9.55 Å². The molecule has 3 rings (SSSR count). The highest BCUT2D eigenvalue weighted by Crippen LogP contribution is 2.35. The Morgan fingerprint density at radius 3 is 2.04 bits per heavy atom. The molecule has 118 valence electrons. The molecule has 2 aromatic carbocycles. The molecule has 0 aliphatic heterocycles. The molecule has 0 fully saturated rings. The Morgan fingerprint density at radius 1 is 0.957 bits per heavy atom. The number of aliphatic hydroxyl groups is 1. The Morgan fingerprint density at radius 2 is 1.52 bits per heavy atom. The predicted octanol–water partition coefficient (Wildman–Crippen LogP) is 3.97. The summed E-state index contributed by atoms with van der Waals surface area (Å²) in [6.07, 6.45) is 5.87. The third-order valence-corrected chi connectivity index (χ3v) is 4.17. The van der Waals surface area contributed by atoms with E-state index >= 15 is 0 Å². The van der Waals surface area contributed by atoms with Gasteiger partial charge in [-0.1, -0.05) is 74.0 Å². The zero-order chi connectivity index (χ0) is 16.1. The fraction of sp³-hybridized carbons (Fsp3) is 0.250. The summed E-state index contributed by atoms with van der Waals surface area (Å²) >= 11 is 0. The third-order valence-electron chi connectivity index (χ3n) is 4.17. The smallest absolute Gasteiger partial charge is 0.173 e. The van der Waals surface area contributed by atoms with E-state index < -0.39 is 5.60 Å². The van der Waals surface area contributed by atoms with Crippen LogP contribution in [0.4, 0.5) is 0 Å². The summed E-state index contributed by atoms with van der Waals surface area (Å²) in [7, 11) is 0. The number of hydrogen-bond acceptors (Lipinski definition) is 2. The number of benzene rings is 2. The normalized spacial score (nSPS) is 11.6. The van der Waals surface area contributed by atoms with Crippen molar-refractivity contribution in [3.8, 4) is 0 Å². The van der Waals surface area contributed by atoms with Gasteiger partial charge in [-0.2, -0.15) is 0 Å². The third kappa shape index (κ3) is 2.92. The van der Waals surface area contributed by atoms with Crippen molar-refractivity contribution in [1.29, 1.82) is 0 Å². The molecule has 0 spiro atoms. The highest BCUT2D eigenvalue weighted by Gasteiger charge is 2.37. The molecule has 0 radical (unpaired) electrons. The fourth-order valence-electron chi connectivity index (χ4n) is 2.92. The molecular formula is C20H22N2O. The van der Waals surface area contributed by atoms with Gasteiger partial charge in [-0.3, -0.25) is 0 Å². The molecular weight excluding hydrogens is 284 g/mol. The molecule has 0 unspecified atom stereocenters. The zero-order valence-electron chi connectivity index (χ0n) is 13.4. The van der Waals surface area contributed by atoms with E-state index in [0.29, 0.717) is 5.82 Å². The average molecular weight is 306 g/mol. The van der Waals surface area contributed by atoms with Gasteiger partial charge in [0.1, 0.15) is 5.82 Å². The number of imidazole rings is 1. The van der Waals surface area contributed by atoms with Gasteiger partial charge >= 0.3 is 0 Å². The molecule has 23 heavy (non-hydrogen) atoms. The molecule has 1 N–H and O–H groups in total. The fourth-order valence-corrected chi connectivity index (χ4v) is 2.92. The van der Waals surface area contributed by atoms with Crippen LogP contribution in [0.3, 0.4) is 0 Å². The Hall–Kier alpha value is -2.39. The second-order valence-electron chi connectivity index (χ2n) is 5.74. The quantitative estimate of drug-likeness (QED) is 0.748. The van der Waals surface area contributed by atoms with Crippen molar-refractivity contribution in [3.63, 3.8) is 0 Å². The Kier molecular flexibility index (Phi) is 4.58. The van der Waals surface area contributed by atoms with E-state index in [-0.39, 0.29) is 0 Å². The minimum absolute atomic E-state index is 0.670. The first kappa shape index (κ1) is 15.5. The largest absolute Gasteiger partial charge is 0.373 e. The number of aryl methyl sites for hydroxylation is 1. The van der Waals surface area contributed by atoms with Crippen LogP contribution in [0.25, 0.3) is 0 Å². The Bertz CT molecular complexity index is 695. The Balaban J connectivity index is 2.16. The summed E-state index contributed by atoms with van der Waals surface area (Å²) in [5.74, 6) is 0.670. The lowest BCUT2D eigenvalue weighted by atomic mass is 9.85. The molecule has 0 bridgehead atoms. The lowest BCUT2D eigenvalue weighted by molar-refractivity contribution is 0.111. The number of unbranched alkanes of at least 4 members (excludes halogenated alkanes) is 1. The van der Waals surface area contributed by atoms with Crippen molar-refractivity contribution >= 4 is 0 Å². The molecule has 0 aliphatic rings. The summed E-state index contributed by atoms with van der Waals surface area (Å²) in [6, 6.07) is 19.5. The van der Waals surface area contributed by atoms with Crippen LogP contribution >= 0.6 is 0 Å².